The number of hydrogen-bond donors (Lipinski definition) is 1. The maximum atomic E-state index is 6.22. The topological polar surface area (TPSA) is 12.0 Å². The third kappa shape index (κ3) is 4.43. The molecule has 1 heterocycles. The summed E-state index contributed by atoms with van der Waals surface area (Å²) in [7, 11) is 0. The molecule has 0 radical (unpaired) electrons. The molecular weight excluding hydrogens is 456 g/mol. The Kier molecular flexibility index (Phi) is 6.14. The van der Waals surface area contributed by atoms with E-state index in [0.717, 1.165) is 21.6 Å². The number of hydrogen-bond acceptors (Lipinski definition) is 2. The lowest BCUT2D eigenvalue weighted by atomic mass is 10.0. The van der Waals surface area contributed by atoms with Gasteiger partial charge in [0.05, 0.1) is 8.81 Å². The molecule has 1 nitrogen and oxygen atoms in total. The van der Waals surface area contributed by atoms with Crippen LogP contribution in [0.25, 0.3) is 0 Å². The van der Waals surface area contributed by atoms with Gasteiger partial charge in [-0.2, -0.15) is 0 Å². The van der Waals surface area contributed by atoms with E-state index in [0.29, 0.717) is 6.04 Å². The Labute approximate surface area is 145 Å². The molecule has 19 heavy (non-hydrogen) atoms. The van der Waals surface area contributed by atoms with Crippen LogP contribution in [0.15, 0.2) is 34.1 Å². The Hall–Kier alpha value is 0.380. The minimum atomic E-state index is 0.310. The molecule has 1 aromatic carbocycles. The number of thiophene rings is 1. The molecule has 2 aromatic rings. The maximum Gasteiger partial charge on any atom is 0.0701 e. The molecular formula is C14H14BrClINS. The Bertz CT molecular complexity index is 558. The average molecular weight is 471 g/mol. The van der Waals surface area contributed by atoms with Crippen molar-refractivity contribution in [3.8, 4) is 0 Å². The first-order valence-corrected chi connectivity index (χ1v) is 9.09. The van der Waals surface area contributed by atoms with Gasteiger partial charge in [-0.3, -0.25) is 0 Å². The monoisotopic (exact) mass is 469 g/mol. The molecule has 0 aliphatic carbocycles. The summed E-state index contributed by atoms with van der Waals surface area (Å²) in [6.07, 6.45) is 0.987. The van der Waals surface area contributed by atoms with Gasteiger partial charge in [-0.05, 0) is 74.9 Å². The Morgan fingerprint density at radius 3 is 2.74 bits per heavy atom. The first-order chi connectivity index (χ1) is 9.10. The van der Waals surface area contributed by atoms with Gasteiger partial charge >= 0.3 is 0 Å². The van der Waals surface area contributed by atoms with Gasteiger partial charge < -0.3 is 5.32 Å². The smallest absolute Gasteiger partial charge is 0.0701 e. The van der Waals surface area contributed by atoms with E-state index in [-0.39, 0.29) is 0 Å². The highest BCUT2D eigenvalue weighted by Crippen LogP contribution is 2.29. The highest BCUT2D eigenvalue weighted by atomic mass is 127. The van der Waals surface area contributed by atoms with Crippen LogP contribution in [0, 0.1) is 3.57 Å². The van der Waals surface area contributed by atoms with E-state index in [1.807, 2.05) is 0 Å². The van der Waals surface area contributed by atoms with Crippen LogP contribution < -0.4 is 5.32 Å². The molecule has 0 fully saturated rings. The fourth-order valence-corrected chi connectivity index (χ4v) is 4.00. The summed E-state index contributed by atoms with van der Waals surface area (Å²) < 4.78 is 2.27. The summed E-state index contributed by atoms with van der Waals surface area (Å²) in [4.78, 5) is 1.37. The van der Waals surface area contributed by atoms with Crippen molar-refractivity contribution < 1.29 is 0 Å². The van der Waals surface area contributed by atoms with Crippen LogP contribution in [0.2, 0.25) is 5.02 Å². The molecule has 0 saturated carbocycles. The van der Waals surface area contributed by atoms with Gasteiger partial charge in [-0.15, -0.1) is 11.3 Å². The summed E-state index contributed by atoms with van der Waals surface area (Å²) in [5, 5.41) is 4.36. The standard InChI is InChI=1S/C14H14BrClINS/c1-2-18-13(8-10-4-6-14(15)19-10)9-3-5-12(17)11(16)7-9/h3-7,13,18H,2,8H2,1H3. The van der Waals surface area contributed by atoms with Crippen molar-refractivity contribution in [3.05, 3.63) is 53.2 Å². The van der Waals surface area contributed by atoms with E-state index in [1.165, 1.54) is 14.2 Å². The van der Waals surface area contributed by atoms with Crippen molar-refractivity contribution in [1.29, 1.82) is 0 Å². The number of nitrogens with one attached hydrogen (secondary N) is 1. The molecule has 1 atom stereocenters. The van der Waals surface area contributed by atoms with Crippen LogP contribution in [-0.2, 0) is 6.42 Å². The molecule has 0 aliphatic heterocycles. The minimum absolute atomic E-state index is 0.310. The molecule has 2 rings (SSSR count). The number of benzene rings is 1. The second kappa shape index (κ2) is 7.41. The van der Waals surface area contributed by atoms with E-state index in [4.69, 9.17) is 11.6 Å². The van der Waals surface area contributed by atoms with Crippen LogP contribution in [0.1, 0.15) is 23.4 Å². The van der Waals surface area contributed by atoms with Crippen LogP contribution in [0.3, 0.4) is 0 Å². The number of rotatable bonds is 5. The predicted molar refractivity (Wildman–Crippen MR) is 96.3 cm³/mol. The summed E-state index contributed by atoms with van der Waals surface area (Å²) in [5.74, 6) is 0. The number of halogens is 3. The molecule has 1 N–H and O–H groups in total. The van der Waals surface area contributed by atoms with E-state index in [2.05, 4.69) is 81.1 Å². The molecule has 0 bridgehead atoms. The van der Waals surface area contributed by atoms with Crippen molar-refractivity contribution in [3.63, 3.8) is 0 Å². The Morgan fingerprint density at radius 2 is 2.16 bits per heavy atom. The van der Waals surface area contributed by atoms with Crippen LogP contribution in [0.5, 0.6) is 0 Å². The zero-order valence-electron chi connectivity index (χ0n) is 10.4. The van der Waals surface area contributed by atoms with E-state index in [9.17, 15) is 0 Å². The first kappa shape index (κ1) is 15.8. The second-order valence-electron chi connectivity index (χ2n) is 4.19. The lowest BCUT2D eigenvalue weighted by Crippen LogP contribution is -2.22. The summed E-state index contributed by atoms with van der Waals surface area (Å²) >= 11 is 13.8. The number of likely N-dealkylation sites (N-methyl/N-ethyl adjacent to an activating group) is 1. The minimum Gasteiger partial charge on any atom is -0.310 e. The summed E-state index contributed by atoms with van der Waals surface area (Å²) in [6.45, 7) is 3.08. The summed E-state index contributed by atoms with van der Waals surface area (Å²) in [5.41, 5.74) is 1.25. The van der Waals surface area contributed by atoms with Crippen molar-refractivity contribution in [2.24, 2.45) is 0 Å². The van der Waals surface area contributed by atoms with Gasteiger partial charge in [0.15, 0.2) is 0 Å². The van der Waals surface area contributed by atoms with Crippen molar-refractivity contribution in [2.45, 2.75) is 19.4 Å². The SMILES string of the molecule is CCNC(Cc1ccc(Br)s1)c1ccc(I)c(Cl)c1. The molecule has 1 unspecified atom stereocenters. The van der Waals surface area contributed by atoms with Crippen molar-refractivity contribution >= 4 is 61.5 Å². The van der Waals surface area contributed by atoms with Gasteiger partial charge in [0.2, 0.25) is 0 Å². The normalized spacial score (nSPS) is 12.6. The van der Waals surface area contributed by atoms with Crippen LogP contribution in [-0.4, -0.2) is 6.54 Å². The highest BCUT2D eigenvalue weighted by Gasteiger charge is 2.13. The quantitative estimate of drug-likeness (QED) is 0.556. The highest BCUT2D eigenvalue weighted by molar-refractivity contribution is 14.1. The molecule has 102 valence electrons. The molecule has 0 spiro atoms. The lowest BCUT2D eigenvalue weighted by Gasteiger charge is -2.18. The first-order valence-electron chi connectivity index (χ1n) is 6.02. The molecule has 0 amide bonds. The molecule has 0 aliphatic rings. The fraction of sp³-hybridized carbons (Fsp3) is 0.286. The second-order valence-corrected chi connectivity index (χ2v) is 8.31. The molecule has 0 saturated heterocycles. The van der Waals surface area contributed by atoms with Gasteiger partial charge in [-0.25, -0.2) is 0 Å². The Balaban J connectivity index is 2.21. The van der Waals surface area contributed by atoms with E-state index < -0.39 is 0 Å². The third-order valence-electron chi connectivity index (χ3n) is 2.83. The third-order valence-corrected chi connectivity index (χ3v) is 6.05. The zero-order valence-corrected chi connectivity index (χ0v) is 15.7. The Morgan fingerprint density at radius 1 is 1.37 bits per heavy atom. The summed E-state index contributed by atoms with van der Waals surface area (Å²) in [6, 6.07) is 10.9. The predicted octanol–water partition coefficient (Wildman–Crippen LogP) is 5.66. The van der Waals surface area contributed by atoms with Crippen molar-refractivity contribution in [2.75, 3.05) is 6.54 Å². The molecule has 5 heteroatoms. The van der Waals surface area contributed by atoms with Gasteiger partial charge in [0.1, 0.15) is 0 Å². The largest absolute Gasteiger partial charge is 0.310 e. The maximum absolute atomic E-state index is 6.22. The molecule has 1 aromatic heterocycles. The fourth-order valence-electron chi connectivity index (χ4n) is 1.95. The van der Waals surface area contributed by atoms with Gasteiger partial charge in [-0.1, -0.05) is 24.6 Å². The van der Waals surface area contributed by atoms with E-state index >= 15 is 0 Å². The van der Waals surface area contributed by atoms with Gasteiger partial charge in [0, 0.05) is 20.9 Å². The van der Waals surface area contributed by atoms with Crippen molar-refractivity contribution in [1.82, 2.24) is 5.32 Å². The average Bonchev–Trinajstić information content (AvgIpc) is 2.78. The lowest BCUT2D eigenvalue weighted by molar-refractivity contribution is 0.553. The van der Waals surface area contributed by atoms with E-state index in [1.54, 1.807) is 11.3 Å². The van der Waals surface area contributed by atoms with Crippen LogP contribution >= 0.6 is 61.5 Å². The zero-order chi connectivity index (χ0) is 13.8. The van der Waals surface area contributed by atoms with Gasteiger partial charge in [0.25, 0.3) is 0 Å². The van der Waals surface area contributed by atoms with Crippen LogP contribution in [0.4, 0.5) is 0 Å².